The van der Waals surface area contributed by atoms with Gasteiger partial charge in [0.1, 0.15) is 5.56 Å². The number of hydrogen-bond acceptors (Lipinski definition) is 4. The maximum absolute atomic E-state index is 12.1. The summed E-state index contributed by atoms with van der Waals surface area (Å²) < 4.78 is 5.82. The number of anilines is 2. The van der Waals surface area contributed by atoms with Crippen LogP contribution < -0.4 is 15.8 Å². The minimum absolute atomic E-state index is 0.282. The lowest BCUT2D eigenvalue weighted by atomic mass is 10.2. The average Bonchev–Trinajstić information content (AvgIpc) is 2.43. The summed E-state index contributed by atoms with van der Waals surface area (Å²) in [5.74, 6) is -0.0169. The fraction of sp³-hybridized carbons (Fsp3) is 0.0769. The lowest BCUT2D eigenvalue weighted by molar-refractivity contribution is 0.102. The number of nitrogen functional groups attached to an aromatic ring is 1. The zero-order valence-electron chi connectivity index (χ0n) is 10.2. The van der Waals surface area contributed by atoms with Gasteiger partial charge in [-0.3, -0.25) is 4.79 Å². The van der Waals surface area contributed by atoms with Crippen molar-refractivity contribution in [2.24, 2.45) is 0 Å². The van der Waals surface area contributed by atoms with Gasteiger partial charge in [0.2, 0.25) is 5.88 Å². The van der Waals surface area contributed by atoms with Crippen LogP contribution in [0.4, 0.5) is 11.4 Å². The highest BCUT2D eigenvalue weighted by atomic mass is 79.9. The van der Waals surface area contributed by atoms with Crippen LogP contribution >= 0.6 is 15.9 Å². The molecule has 0 fully saturated rings. The Morgan fingerprint density at radius 1 is 1.42 bits per heavy atom. The van der Waals surface area contributed by atoms with E-state index >= 15 is 0 Å². The summed E-state index contributed by atoms with van der Waals surface area (Å²) in [4.78, 5) is 16.1. The Morgan fingerprint density at radius 2 is 2.21 bits per heavy atom. The van der Waals surface area contributed by atoms with Gasteiger partial charge in [0, 0.05) is 22.0 Å². The van der Waals surface area contributed by atoms with Crippen LogP contribution in [0.3, 0.4) is 0 Å². The molecule has 2 aromatic rings. The fourth-order valence-corrected chi connectivity index (χ4v) is 1.79. The van der Waals surface area contributed by atoms with Crippen LogP contribution in [0.2, 0.25) is 0 Å². The molecule has 2 rings (SSSR count). The van der Waals surface area contributed by atoms with E-state index in [0.717, 1.165) is 4.47 Å². The minimum atomic E-state index is -0.299. The lowest BCUT2D eigenvalue weighted by Gasteiger charge is -2.09. The normalized spacial score (nSPS) is 10.0. The van der Waals surface area contributed by atoms with Crippen molar-refractivity contribution in [2.75, 3.05) is 18.2 Å². The molecule has 6 heteroatoms. The first-order valence-corrected chi connectivity index (χ1v) is 6.26. The highest BCUT2D eigenvalue weighted by Gasteiger charge is 2.13. The van der Waals surface area contributed by atoms with Gasteiger partial charge in [0.25, 0.3) is 5.91 Å². The molecule has 3 N–H and O–H groups in total. The Bertz CT molecular complexity index is 617. The summed E-state index contributed by atoms with van der Waals surface area (Å²) in [5, 5.41) is 2.74. The number of carbonyl (C=O) groups excluding carboxylic acids is 1. The van der Waals surface area contributed by atoms with Crippen LogP contribution in [0.5, 0.6) is 5.88 Å². The molecular formula is C13H12BrN3O2. The molecule has 1 amide bonds. The monoisotopic (exact) mass is 321 g/mol. The third-order valence-corrected chi connectivity index (χ3v) is 3.19. The van der Waals surface area contributed by atoms with E-state index in [1.54, 1.807) is 36.5 Å². The van der Waals surface area contributed by atoms with E-state index in [2.05, 4.69) is 26.2 Å². The number of benzene rings is 1. The summed E-state index contributed by atoms with van der Waals surface area (Å²) >= 11 is 3.30. The van der Waals surface area contributed by atoms with Crippen LogP contribution in [0, 0.1) is 0 Å². The number of pyridine rings is 1. The number of nitrogens with one attached hydrogen (secondary N) is 1. The molecule has 0 saturated heterocycles. The molecule has 0 bridgehead atoms. The zero-order valence-corrected chi connectivity index (χ0v) is 11.8. The molecule has 19 heavy (non-hydrogen) atoms. The van der Waals surface area contributed by atoms with Crippen LogP contribution in [0.15, 0.2) is 41.0 Å². The lowest BCUT2D eigenvalue weighted by Crippen LogP contribution is -2.13. The summed E-state index contributed by atoms with van der Waals surface area (Å²) in [6.45, 7) is 0. The predicted molar refractivity (Wildman–Crippen MR) is 77.3 cm³/mol. The summed E-state index contributed by atoms with van der Waals surface area (Å²) in [7, 11) is 1.47. The first-order valence-electron chi connectivity index (χ1n) is 5.47. The first kappa shape index (κ1) is 13.4. The second-order valence-corrected chi connectivity index (χ2v) is 4.60. The predicted octanol–water partition coefficient (Wildman–Crippen LogP) is 2.69. The van der Waals surface area contributed by atoms with Gasteiger partial charge in [-0.05, 0) is 46.3 Å². The van der Waals surface area contributed by atoms with Crippen molar-refractivity contribution in [2.45, 2.75) is 0 Å². The van der Waals surface area contributed by atoms with Crippen molar-refractivity contribution in [3.8, 4) is 5.88 Å². The quantitative estimate of drug-likeness (QED) is 0.852. The zero-order chi connectivity index (χ0) is 13.8. The molecule has 0 aliphatic rings. The third kappa shape index (κ3) is 3.03. The van der Waals surface area contributed by atoms with Gasteiger partial charge in [-0.15, -0.1) is 0 Å². The number of rotatable bonds is 3. The van der Waals surface area contributed by atoms with E-state index in [9.17, 15) is 4.79 Å². The SMILES string of the molecule is COc1ncccc1C(=O)Nc1ccc(Br)c(N)c1. The van der Waals surface area contributed by atoms with Crippen LogP contribution in [-0.4, -0.2) is 18.0 Å². The summed E-state index contributed by atoms with van der Waals surface area (Å²) in [5.41, 5.74) is 7.28. The topological polar surface area (TPSA) is 77.2 Å². The highest BCUT2D eigenvalue weighted by Crippen LogP contribution is 2.24. The molecule has 0 unspecified atom stereocenters. The molecule has 0 radical (unpaired) electrons. The van der Waals surface area contributed by atoms with E-state index in [1.807, 2.05) is 0 Å². The van der Waals surface area contributed by atoms with Gasteiger partial charge < -0.3 is 15.8 Å². The van der Waals surface area contributed by atoms with E-state index in [0.29, 0.717) is 16.9 Å². The Morgan fingerprint density at radius 3 is 2.89 bits per heavy atom. The number of aromatic nitrogens is 1. The van der Waals surface area contributed by atoms with Gasteiger partial charge in [0.05, 0.1) is 7.11 Å². The van der Waals surface area contributed by atoms with Gasteiger partial charge >= 0.3 is 0 Å². The largest absolute Gasteiger partial charge is 0.480 e. The second-order valence-electron chi connectivity index (χ2n) is 3.75. The van der Waals surface area contributed by atoms with Crippen molar-refractivity contribution in [3.05, 3.63) is 46.6 Å². The number of nitrogens with two attached hydrogens (primary N) is 1. The third-order valence-electron chi connectivity index (χ3n) is 2.46. The standard InChI is InChI=1S/C13H12BrN3O2/c1-19-13-9(3-2-6-16-13)12(18)17-8-4-5-10(14)11(15)7-8/h2-7H,15H2,1H3,(H,17,18). The highest BCUT2D eigenvalue weighted by molar-refractivity contribution is 9.10. The average molecular weight is 322 g/mol. The van der Waals surface area contributed by atoms with Crippen molar-refractivity contribution in [1.82, 2.24) is 4.98 Å². The molecule has 1 aromatic carbocycles. The Labute approximate surface area is 118 Å². The number of carbonyl (C=O) groups is 1. The van der Waals surface area contributed by atoms with Crippen molar-refractivity contribution in [3.63, 3.8) is 0 Å². The molecule has 98 valence electrons. The fourth-order valence-electron chi connectivity index (χ4n) is 1.55. The smallest absolute Gasteiger partial charge is 0.261 e. The maximum Gasteiger partial charge on any atom is 0.261 e. The molecule has 5 nitrogen and oxygen atoms in total. The minimum Gasteiger partial charge on any atom is -0.480 e. The van der Waals surface area contributed by atoms with Crippen molar-refractivity contribution < 1.29 is 9.53 Å². The number of methoxy groups -OCH3 is 1. The van der Waals surface area contributed by atoms with Crippen LogP contribution in [-0.2, 0) is 0 Å². The number of nitrogens with zero attached hydrogens (tertiary/aromatic N) is 1. The molecule has 1 heterocycles. The summed E-state index contributed by atoms with van der Waals surface area (Å²) in [6.07, 6.45) is 1.56. The van der Waals surface area contributed by atoms with Gasteiger partial charge in [-0.25, -0.2) is 4.98 Å². The Balaban J connectivity index is 2.23. The molecule has 0 aliphatic heterocycles. The van der Waals surface area contributed by atoms with E-state index in [1.165, 1.54) is 7.11 Å². The second kappa shape index (κ2) is 5.71. The maximum atomic E-state index is 12.1. The number of halogens is 1. The van der Waals surface area contributed by atoms with E-state index in [-0.39, 0.29) is 11.8 Å². The van der Waals surface area contributed by atoms with Crippen LogP contribution in [0.1, 0.15) is 10.4 Å². The van der Waals surface area contributed by atoms with E-state index < -0.39 is 0 Å². The number of ether oxygens (including phenoxy) is 1. The number of hydrogen-bond donors (Lipinski definition) is 2. The van der Waals surface area contributed by atoms with Crippen molar-refractivity contribution >= 4 is 33.2 Å². The molecular weight excluding hydrogens is 310 g/mol. The molecule has 1 aromatic heterocycles. The van der Waals surface area contributed by atoms with Crippen LogP contribution in [0.25, 0.3) is 0 Å². The molecule has 0 saturated carbocycles. The van der Waals surface area contributed by atoms with E-state index in [4.69, 9.17) is 10.5 Å². The molecule has 0 spiro atoms. The van der Waals surface area contributed by atoms with Gasteiger partial charge in [0.15, 0.2) is 0 Å². The van der Waals surface area contributed by atoms with Crippen molar-refractivity contribution in [1.29, 1.82) is 0 Å². The van der Waals surface area contributed by atoms with Gasteiger partial charge in [-0.1, -0.05) is 0 Å². The Hall–Kier alpha value is -2.08. The number of amides is 1. The molecule has 0 atom stereocenters. The Kier molecular flexibility index (Phi) is 4.01. The molecule has 0 aliphatic carbocycles. The first-order chi connectivity index (χ1) is 9.11. The van der Waals surface area contributed by atoms with Gasteiger partial charge in [-0.2, -0.15) is 0 Å². The summed E-state index contributed by atoms with van der Waals surface area (Å²) in [6, 6.07) is 8.51.